The molecule has 2 rings (SSSR count). The van der Waals surface area contributed by atoms with Gasteiger partial charge >= 0.3 is 0 Å². The van der Waals surface area contributed by atoms with Gasteiger partial charge in [0.2, 0.25) is 0 Å². The molecule has 0 radical (unpaired) electrons. The summed E-state index contributed by atoms with van der Waals surface area (Å²) < 4.78 is 4.98. The number of rotatable bonds is 2. The molecular weight excluding hydrogens is 196 g/mol. The molecule has 1 saturated heterocycles. The summed E-state index contributed by atoms with van der Waals surface area (Å²) in [6.45, 7) is 2.76. The molecule has 0 aromatic carbocycles. The number of carbonyl (C=O) groups is 1. The second kappa shape index (κ2) is 3.84. The van der Waals surface area contributed by atoms with E-state index in [2.05, 4.69) is 5.18 Å². The lowest BCUT2D eigenvalue weighted by molar-refractivity contribution is 0.0716. The zero-order valence-corrected chi connectivity index (χ0v) is 8.47. The van der Waals surface area contributed by atoms with Gasteiger partial charge in [0, 0.05) is 23.8 Å². The SMILES string of the molecule is CC1CCCN1C(=O)c1ccc(N=O)o1. The van der Waals surface area contributed by atoms with Crippen molar-refractivity contribution in [1.82, 2.24) is 4.90 Å². The van der Waals surface area contributed by atoms with Gasteiger partial charge in [0.25, 0.3) is 11.8 Å². The molecule has 1 aromatic rings. The first-order chi connectivity index (χ1) is 7.22. The summed E-state index contributed by atoms with van der Waals surface area (Å²) in [4.78, 5) is 23.8. The summed E-state index contributed by atoms with van der Waals surface area (Å²) in [6, 6.07) is 3.14. The van der Waals surface area contributed by atoms with Crippen LogP contribution < -0.4 is 0 Å². The van der Waals surface area contributed by atoms with E-state index in [1.807, 2.05) is 6.92 Å². The Hall–Kier alpha value is -1.65. The lowest BCUT2D eigenvalue weighted by Crippen LogP contribution is -2.33. The first kappa shape index (κ1) is 9.89. The van der Waals surface area contributed by atoms with Gasteiger partial charge in [0.1, 0.15) is 0 Å². The highest BCUT2D eigenvalue weighted by Crippen LogP contribution is 2.22. The zero-order chi connectivity index (χ0) is 10.8. The largest absolute Gasteiger partial charge is 0.430 e. The predicted molar refractivity (Wildman–Crippen MR) is 53.9 cm³/mol. The van der Waals surface area contributed by atoms with E-state index in [0.29, 0.717) is 0 Å². The fourth-order valence-electron chi connectivity index (χ4n) is 1.87. The molecule has 80 valence electrons. The Morgan fingerprint density at radius 3 is 2.93 bits per heavy atom. The van der Waals surface area contributed by atoms with E-state index in [-0.39, 0.29) is 23.6 Å². The summed E-state index contributed by atoms with van der Waals surface area (Å²) in [6.07, 6.45) is 2.04. The second-order valence-electron chi connectivity index (χ2n) is 3.72. The highest BCUT2D eigenvalue weighted by molar-refractivity contribution is 5.92. The second-order valence-corrected chi connectivity index (χ2v) is 3.72. The molecule has 0 aliphatic carbocycles. The lowest BCUT2D eigenvalue weighted by Gasteiger charge is -2.19. The van der Waals surface area contributed by atoms with Crippen molar-refractivity contribution >= 4 is 11.8 Å². The molecule has 0 bridgehead atoms. The van der Waals surface area contributed by atoms with Crippen LogP contribution in [0.2, 0.25) is 0 Å². The quantitative estimate of drug-likeness (QED) is 0.700. The highest BCUT2D eigenvalue weighted by atomic mass is 16.4. The fraction of sp³-hybridized carbons (Fsp3) is 0.500. The molecule has 15 heavy (non-hydrogen) atoms. The molecule has 1 aliphatic heterocycles. The number of hydrogen-bond donors (Lipinski definition) is 0. The first-order valence-electron chi connectivity index (χ1n) is 4.96. The van der Waals surface area contributed by atoms with Crippen molar-refractivity contribution < 1.29 is 9.21 Å². The van der Waals surface area contributed by atoms with E-state index in [0.717, 1.165) is 19.4 Å². The Morgan fingerprint density at radius 1 is 1.60 bits per heavy atom. The van der Waals surface area contributed by atoms with E-state index in [9.17, 15) is 9.70 Å². The summed E-state index contributed by atoms with van der Waals surface area (Å²) in [5.41, 5.74) is 0. The van der Waals surface area contributed by atoms with Crippen LogP contribution >= 0.6 is 0 Å². The van der Waals surface area contributed by atoms with Gasteiger partial charge < -0.3 is 9.32 Å². The molecule has 5 heteroatoms. The van der Waals surface area contributed by atoms with E-state index in [1.54, 1.807) is 4.90 Å². The Labute approximate surface area is 87.0 Å². The van der Waals surface area contributed by atoms with Gasteiger partial charge in [-0.2, -0.15) is 0 Å². The molecule has 1 fully saturated rings. The maximum Gasteiger partial charge on any atom is 0.289 e. The number of furan rings is 1. The number of hydrogen-bond acceptors (Lipinski definition) is 4. The van der Waals surface area contributed by atoms with Gasteiger partial charge in [-0.25, -0.2) is 0 Å². The minimum Gasteiger partial charge on any atom is -0.430 e. The van der Waals surface area contributed by atoms with Crippen LogP contribution in [0.1, 0.15) is 30.3 Å². The Bertz CT molecular complexity index is 386. The van der Waals surface area contributed by atoms with Gasteiger partial charge in [-0.05, 0) is 25.8 Å². The molecule has 1 aromatic heterocycles. The van der Waals surface area contributed by atoms with E-state index in [1.165, 1.54) is 12.1 Å². The summed E-state index contributed by atoms with van der Waals surface area (Å²) in [5, 5.41) is 2.63. The van der Waals surface area contributed by atoms with Gasteiger partial charge in [0.05, 0.1) is 0 Å². The van der Waals surface area contributed by atoms with Gasteiger partial charge in [-0.1, -0.05) is 0 Å². The van der Waals surface area contributed by atoms with Crippen molar-refractivity contribution in [3.8, 4) is 0 Å². The number of nitrogens with zero attached hydrogens (tertiary/aromatic N) is 2. The average molecular weight is 208 g/mol. The van der Waals surface area contributed by atoms with Gasteiger partial charge in [-0.15, -0.1) is 4.91 Å². The third-order valence-electron chi connectivity index (χ3n) is 2.71. The van der Waals surface area contributed by atoms with Crippen LogP contribution in [0.3, 0.4) is 0 Å². The van der Waals surface area contributed by atoms with Gasteiger partial charge in [-0.3, -0.25) is 4.79 Å². The summed E-state index contributed by atoms with van der Waals surface area (Å²) >= 11 is 0. The zero-order valence-electron chi connectivity index (χ0n) is 8.47. The van der Waals surface area contributed by atoms with Crippen molar-refractivity contribution in [2.75, 3.05) is 6.54 Å². The molecule has 1 atom stereocenters. The third kappa shape index (κ3) is 1.77. The molecule has 1 unspecified atom stereocenters. The van der Waals surface area contributed by atoms with Crippen molar-refractivity contribution in [2.24, 2.45) is 5.18 Å². The molecule has 0 spiro atoms. The number of nitroso groups, excluding NO2 is 1. The summed E-state index contributed by atoms with van der Waals surface area (Å²) in [5.74, 6) is -0.0153. The smallest absolute Gasteiger partial charge is 0.289 e. The molecule has 1 amide bonds. The number of carbonyl (C=O) groups excluding carboxylic acids is 1. The molecule has 1 aliphatic rings. The van der Waals surface area contributed by atoms with Crippen molar-refractivity contribution in [2.45, 2.75) is 25.8 Å². The Morgan fingerprint density at radius 2 is 2.40 bits per heavy atom. The minimum atomic E-state index is -0.157. The van der Waals surface area contributed by atoms with Crippen molar-refractivity contribution in [3.63, 3.8) is 0 Å². The Balaban J connectivity index is 2.16. The standard InChI is InChI=1S/C10H12N2O3/c1-7-3-2-6-12(7)10(13)8-4-5-9(11-14)15-8/h4-5,7H,2-3,6H2,1H3. The van der Waals surface area contributed by atoms with Crippen molar-refractivity contribution in [3.05, 3.63) is 22.8 Å². The van der Waals surface area contributed by atoms with Crippen molar-refractivity contribution in [1.29, 1.82) is 0 Å². The molecule has 0 saturated carbocycles. The monoisotopic (exact) mass is 208 g/mol. The normalized spacial score (nSPS) is 20.6. The minimum absolute atomic E-state index is 0.0507. The average Bonchev–Trinajstić information content (AvgIpc) is 2.84. The van der Waals surface area contributed by atoms with Crippen LogP contribution in [0.5, 0.6) is 0 Å². The molecular formula is C10H12N2O3. The molecule has 5 nitrogen and oxygen atoms in total. The van der Waals surface area contributed by atoms with Crippen LogP contribution in [0.25, 0.3) is 0 Å². The summed E-state index contributed by atoms with van der Waals surface area (Å²) in [7, 11) is 0. The number of likely N-dealkylation sites (tertiary alicyclic amines) is 1. The third-order valence-corrected chi connectivity index (χ3v) is 2.71. The predicted octanol–water partition coefficient (Wildman–Crippen LogP) is 2.30. The molecule has 0 N–H and O–H groups in total. The number of amides is 1. The van der Waals surface area contributed by atoms with E-state index >= 15 is 0 Å². The first-order valence-corrected chi connectivity index (χ1v) is 4.96. The lowest BCUT2D eigenvalue weighted by atomic mass is 10.2. The van der Waals surface area contributed by atoms with E-state index < -0.39 is 0 Å². The van der Waals surface area contributed by atoms with Crippen LogP contribution in [-0.4, -0.2) is 23.4 Å². The van der Waals surface area contributed by atoms with E-state index in [4.69, 9.17) is 4.42 Å². The van der Waals surface area contributed by atoms with Crippen LogP contribution in [0.4, 0.5) is 5.88 Å². The van der Waals surface area contributed by atoms with Crippen LogP contribution in [0, 0.1) is 4.91 Å². The topological polar surface area (TPSA) is 62.9 Å². The molecule has 2 heterocycles. The van der Waals surface area contributed by atoms with Crippen LogP contribution in [0.15, 0.2) is 21.7 Å². The highest BCUT2D eigenvalue weighted by Gasteiger charge is 2.27. The van der Waals surface area contributed by atoms with Crippen LogP contribution in [-0.2, 0) is 0 Å². The van der Waals surface area contributed by atoms with Gasteiger partial charge in [0.15, 0.2) is 5.76 Å². The maximum absolute atomic E-state index is 11.9. The fourth-order valence-corrected chi connectivity index (χ4v) is 1.87. The maximum atomic E-state index is 11.9. The Kier molecular flexibility index (Phi) is 2.53.